The van der Waals surface area contributed by atoms with Crippen LogP contribution in [0, 0.1) is 5.82 Å². The van der Waals surface area contributed by atoms with Gasteiger partial charge in [-0.3, -0.25) is 9.69 Å². The molecule has 0 fully saturated rings. The van der Waals surface area contributed by atoms with Crippen LogP contribution in [0.3, 0.4) is 0 Å². The number of amides is 2. The van der Waals surface area contributed by atoms with Gasteiger partial charge in [0.2, 0.25) is 0 Å². The molecule has 3 aromatic rings. The van der Waals surface area contributed by atoms with Gasteiger partial charge in [0.15, 0.2) is 5.78 Å². The van der Waals surface area contributed by atoms with Crippen LogP contribution in [0.2, 0.25) is 0 Å². The van der Waals surface area contributed by atoms with Gasteiger partial charge in [0.25, 0.3) is 0 Å². The topological polar surface area (TPSA) is 98.1 Å². The summed E-state index contributed by atoms with van der Waals surface area (Å²) in [6, 6.07) is 7.99. The monoisotopic (exact) mass is 444 g/mol. The number of rotatable bonds is 2. The number of urea groups is 1. The zero-order valence-corrected chi connectivity index (χ0v) is 15.9. The summed E-state index contributed by atoms with van der Waals surface area (Å²) in [5.41, 5.74) is 1.90. The first-order chi connectivity index (χ1) is 13.4. The highest BCUT2D eigenvalue weighted by Crippen LogP contribution is 2.31. The van der Waals surface area contributed by atoms with E-state index >= 15 is 0 Å². The quantitative estimate of drug-likeness (QED) is 0.560. The van der Waals surface area contributed by atoms with Gasteiger partial charge in [-0.15, -0.1) is 0 Å². The standard InChI is InChI=1S/C19H14BrFN4O3/c20-13-8-15-16(23-18(27)22-15)9-14(13)24-19(28)25-6-5-12(26)7-17(25)10-1-3-11(21)4-2-10/h1-6,8-9,17H,7H2,(H,24,28)(H2,22,23,27). The fourth-order valence-corrected chi connectivity index (χ4v) is 3.57. The predicted octanol–water partition coefficient (Wildman–Crippen LogP) is 3.82. The molecule has 1 atom stereocenters. The summed E-state index contributed by atoms with van der Waals surface area (Å²) in [6.45, 7) is 0. The maximum absolute atomic E-state index is 13.2. The summed E-state index contributed by atoms with van der Waals surface area (Å²) in [5, 5.41) is 2.77. The Labute approximate surface area is 166 Å². The molecule has 1 aliphatic heterocycles. The van der Waals surface area contributed by atoms with E-state index in [0.29, 0.717) is 26.8 Å². The molecule has 142 valence electrons. The highest BCUT2D eigenvalue weighted by atomic mass is 79.9. The molecule has 2 amide bonds. The van der Waals surface area contributed by atoms with Crippen LogP contribution in [0.5, 0.6) is 0 Å². The van der Waals surface area contributed by atoms with Crippen LogP contribution in [0.1, 0.15) is 18.0 Å². The summed E-state index contributed by atoms with van der Waals surface area (Å²) in [4.78, 5) is 42.9. The number of nitrogens with one attached hydrogen (secondary N) is 3. The molecule has 0 spiro atoms. The van der Waals surface area contributed by atoms with Crippen molar-refractivity contribution in [3.63, 3.8) is 0 Å². The van der Waals surface area contributed by atoms with Gasteiger partial charge in [-0.05, 0) is 51.8 Å². The highest BCUT2D eigenvalue weighted by Gasteiger charge is 2.29. The summed E-state index contributed by atoms with van der Waals surface area (Å²) < 4.78 is 13.8. The van der Waals surface area contributed by atoms with Gasteiger partial charge in [0.05, 0.1) is 22.8 Å². The minimum Gasteiger partial charge on any atom is -0.306 e. The SMILES string of the molecule is O=C1C=CN(C(=O)Nc2cc3[nH]c(=O)[nH]c3cc2Br)C(c2ccc(F)cc2)C1. The minimum atomic E-state index is -0.548. The summed E-state index contributed by atoms with van der Waals surface area (Å²) in [7, 11) is 0. The molecule has 0 saturated carbocycles. The predicted molar refractivity (Wildman–Crippen MR) is 105 cm³/mol. The molecular formula is C19H14BrFN4O3. The second-order valence-corrected chi connectivity index (χ2v) is 7.20. The zero-order valence-electron chi connectivity index (χ0n) is 14.3. The van der Waals surface area contributed by atoms with Crippen molar-refractivity contribution < 1.29 is 14.0 Å². The van der Waals surface area contributed by atoms with Gasteiger partial charge in [-0.25, -0.2) is 14.0 Å². The van der Waals surface area contributed by atoms with Crippen molar-refractivity contribution in [2.45, 2.75) is 12.5 Å². The van der Waals surface area contributed by atoms with Gasteiger partial charge >= 0.3 is 11.7 Å². The number of fused-ring (bicyclic) bond motifs is 1. The average Bonchev–Trinajstić information content (AvgIpc) is 3.01. The van der Waals surface area contributed by atoms with E-state index in [2.05, 4.69) is 31.2 Å². The van der Waals surface area contributed by atoms with E-state index in [-0.39, 0.29) is 17.9 Å². The molecule has 0 bridgehead atoms. The van der Waals surface area contributed by atoms with Crippen LogP contribution in [0.25, 0.3) is 11.0 Å². The second-order valence-electron chi connectivity index (χ2n) is 6.35. The molecule has 3 N–H and O–H groups in total. The number of aromatic amines is 2. The van der Waals surface area contributed by atoms with Crippen molar-refractivity contribution in [2.75, 3.05) is 5.32 Å². The molecule has 1 aliphatic rings. The summed E-state index contributed by atoms with van der Waals surface area (Å²) >= 11 is 3.37. The Morgan fingerprint density at radius 3 is 2.54 bits per heavy atom. The Morgan fingerprint density at radius 1 is 1.14 bits per heavy atom. The highest BCUT2D eigenvalue weighted by molar-refractivity contribution is 9.10. The molecule has 9 heteroatoms. The Morgan fingerprint density at radius 2 is 1.82 bits per heavy atom. The average molecular weight is 445 g/mol. The smallest absolute Gasteiger partial charge is 0.306 e. The molecule has 7 nitrogen and oxygen atoms in total. The number of hydrogen-bond acceptors (Lipinski definition) is 3. The fraction of sp³-hybridized carbons (Fsp3) is 0.105. The lowest BCUT2D eigenvalue weighted by Gasteiger charge is -2.31. The van der Waals surface area contributed by atoms with E-state index in [4.69, 9.17) is 0 Å². The van der Waals surface area contributed by atoms with Crippen molar-refractivity contribution >= 4 is 44.5 Å². The van der Waals surface area contributed by atoms with Crippen LogP contribution in [-0.2, 0) is 4.79 Å². The van der Waals surface area contributed by atoms with Crippen molar-refractivity contribution in [2.24, 2.45) is 0 Å². The zero-order chi connectivity index (χ0) is 19.8. The lowest BCUT2D eigenvalue weighted by atomic mass is 9.97. The van der Waals surface area contributed by atoms with Gasteiger partial charge < -0.3 is 15.3 Å². The van der Waals surface area contributed by atoms with E-state index in [0.717, 1.165) is 0 Å². The summed E-state index contributed by atoms with van der Waals surface area (Å²) in [5.74, 6) is -0.513. The molecule has 4 rings (SSSR count). The van der Waals surface area contributed by atoms with Crippen molar-refractivity contribution in [3.8, 4) is 0 Å². The Hall–Kier alpha value is -3.20. The number of H-pyrrole nitrogens is 2. The van der Waals surface area contributed by atoms with E-state index in [9.17, 15) is 18.8 Å². The normalized spacial score (nSPS) is 16.6. The molecule has 0 radical (unpaired) electrons. The first kappa shape index (κ1) is 18.2. The van der Waals surface area contributed by atoms with E-state index in [1.54, 1.807) is 24.3 Å². The maximum Gasteiger partial charge on any atom is 0.326 e. The number of carbonyl (C=O) groups excluding carboxylic acids is 2. The third-order valence-corrected chi connectivity index (χ3v) is 5.14. The number of benzene rings is 2. The molecule has 2 aromatic carbocycles. The number of ketones is 1. The molecule has 0 saturated heterocycles. The van der Waals surface area contributed by atoms with E-state index in [1.165, 1.54) is 29.3 Å². The number of nitrogens with zero attached hydrogens (tertiary/aromatic N) is 1. The Kier molecular flexibility index (Phi) is 4.60. The van der Waals surface area contributed by atoms with Crippen LogP contribution in [-0.4, -0.2) is 26.7 Å². The second kappa shape index (κ2) is 7.08. The number of carbonyl (C=O) groups is 2. The molecular weight excluding hydrogens is 431 g/mol. The van der Waals surface area contributed by atoms with Gasteiger partial charge in [0.1, 0.15) is 5.82 Å². The van der Waals surface area contributed by atoms with Gasteiger partial charge in [-0.1, -0.05) is 12.1 Å². The maximum atomic E-state index is 13.2. The van der Waals surface area contributed by atoms with Gasteiger partial charge in [0, 0.05) is 17.1 Å². The fourth-order valence-electron chi connectivity index (χ4n) is 3.13. The van der Waals surface area contributed by atoms with Crippen molar-refractivity contribution in [3.05, 3.63) is 75.0 Å². The Balaban J connectivity index is 1.64. The number of halogens is 2. The molecule has 28 heavy (non-hydrogen) atoms. The Bertz CT molecular complexity index is 1170. The molecule has 1 aromatic heterocycles. The lowest BCUT2D eigenvalue weighted by molar-refractivity contribution is -0.116. The number of hydrogen-bond donors (Lipinski definition) is 3. The third kappa shape index (κ3) is 3.48. The van der Waals surface area contributed by atoms with Crippen LogP contribution in [0.15, 0.2) is 57.9 Å². The lowest BCUT2D eigenvalue weighted by Crippen LogP contribution is -2.37. The molecule has 0 aliphatic carbocycles. The van der Waals surface area contributed by atoms with Crippen LogP contribution >= 0.6 is 15.9 Å². The molecule has 2 heterocycles. The van der Waals surface area contributed by atoms with E-state index in [1.807, 2.05) is 0 Å². The van der Waals surface area contributed by atoms with Crippen molar-refractivity contribution in [1.82, 2.24) is 14.9 Å². The van der Waals surface area contributed by atoms with Crippen molar-refractivity contribution in [1.29, 1.82) is 0 Å². The number of anilines is 1. The van der Waals surface area contributed by atoms with Gasteiger partial charge in [-0.2, -0.15) is 0 Å². The minimum absolute atomic E-state index is 0.0981. The first-order valence-electron chi connectivity index (χ1n) is 8.38. The molecule has 1 unspecified atom stereocenters. The number of aromatic nitrogens is 2. The van der Waals surface area contributed by atoms with E-state index < -0.39 is 17.9 Å². The third-order valence-electron chi connectivity index (χ3n) is 4.49. The largest absolute Gasteiger partial charge is 0.326 e. The summed E-state index contributed by atoms with van der Waals surface area (Å²) in [6.07, 6.45) is 2.85. The van der Waals surface area contributed by atoms with Crippen LogP contribution < -0.4 is 11.0 Å². The number of imidazole rings is 1. The first-order valence-corrected chi connectivity index (χ1v) is 9.17. The van der Waals surface area contributed by atoms with Crippen LogP contribution in [0.4, 0.5) is 14.9 Å². The number of allylic oxidation sites excluding steroid dienone is 1.